The third-order valence-electron chi connectivity index (χ3n) is 4.92. The second-order valence-electron chi connectivity index (χ2n) is 7.29. The molecule has 0 aliphatic heterocycles. The zero-order valence-corrected chi connectivity index (χ0v) is 14.6. The summed E-state index contributed by atoms with van der Waals surface area (Å²) in [5.74, 6) is 0.487. The Labute approximate surface area is 137 Å². The maximum absolute atomic E-state index is 12.6. The number of fused-ring (bicyclic) bond motifs is 1. The molecule has 1 N–H and O–H groups in total. The number of hydrogen-bond donors (Lipinski definition) is 1. The highest BCUT2D eigenvalue weighted by molar-refractivity contribution is 5.97. The monoisotopic (exact) mass is 311 g/mol. The van der Waals surface area contributed by atoms with Gasteiger partial charge < -0.3 is 5.32 Å². The van der Waals surface area contributed by atoms with E-state index in [9.17, 15) is 4.79 Å². The maximum atomic E-state index is 12.6. The van der Waals surface area contributed by atoms with Crippen LogP contribution in [-0.4, -0.2) is 15.7 Å². The van der Waals surface area contributed by atoms with E-state index in [0.717, 1.165) is 23.1 Å². The van der Waals surface area contributed by atoms with Crippen molar-refractivity contribution in [3.05, 3.63) is 36.0 Å². The van der Waals surface area contributed by atoms with Gasteiger partial charge in [0.15, 0.2) is 0 Å². The van der Waals surface area contributed by atoms with Gasteiger partial charge >= 0.3 is 0 Å². The molecule has 0 bridgehead atoms. The molecule has 1 saturated carbocycles. The number of nitrogens with one attached hydrogen (secondary N) is 1. The number of aromatic nitrogens is 2. The van der Waals surface area contributed by atoms with E-state index in [0.29, 0.717) is 5.92 Å². The van der Waals surface area contributed by atoms with E-state index >= 15 is 0 Å². The van der Waals surface area contributed by atoms with Crippen molar-refractivity contribution in [3.63, 3.8) is 0 Å². The Morgan fingerprint density at radius 2 is 2.13 bits per heavy atom. The molecule has 0 unspecified atom stereocenters. The standard InChI is InChI=1S/C19H25N3O/c1-6-22-16-10-14(8-7-13(16)11-20-22)21-18(23)17-15(9-12(2)3)19(17,4)5/h7-11,15,17H,6H2,1-5H3,(H,21,23)/t15-,17+/m0/s1. The van der Waals surface area contributed by atoms with Crippen LogP contribution in [0.15, 0.2) is 36.0 Å². The number of carbonyl (C=O) groups is 1. The number of carbonyl (C=O) groups excluding carboxylic acids is 1. The van der Waals surface area contributed by atoms with Gasteiger partial charge in [-0.25, -0.2) is 0 Å². The lowest BCUT2D eigenvalue weighted by atomic mass is 10.1. The highest BCUT2D eigenvalue weighted by Crippen LogP contribution is 2.59. The van der Waals surface area contributed by atoms with Crippen molar-refractivity contribution in [3.8, 4) is 0 Å². The predicted octanol–water partition coefficient (Wildman–Crippen LogP) is 4.23. The van der Waals surface area contributed by atoms with Crippen molar-refractivity contribution < 1.29 is 4.79 Å². The molecule has 1 aromatic heterocycles. The van der Waals surface area contributed by atoms with Crippen LogP contribution >= 0.6 is 0 Å². The zero-order chi connectivity index (χ0) is 16.8. The third-order valence-corrected chi connectivity index (χ3v) is 4.92. The van der Waals surface area contributed by atoms with Gasteiger partial charge in [0, 0.05) is 17.6 Å². The van der Waals surface area contributed by atoms with Gasteiger partial charge in [-0.15, -0.1) is 0 Å². The Kier molecular flexibility index (Phi) is 3.78. The Hall–Kier alpha value is -2.10. The minimum atomic E-state index is 0.0383. The van der Waals surface area contributed by atoms with Gasteiger partial charge in [-0.3, -0.25) is 9.48 Å². The van der Waals surface area contributed by atoms with Crippen LogP contribution in [-0.2, 0) is 11.3 Å². The summed E-state index contributed by atoms with van der Waals surface area (Å²) in [7, 11) is 0. The smallest absolute Gasteiger partial charge is 0.228 e. The summed E-state index contributed by atoms with van der Waals surface area (Å²) < 4.78 is 1.94. The fourth-order valence-corrected chi connectivity index (χ4v) is 3.47. The highest BCUT2D eigenvalue weighted by atomic mass is 16.2. The number of allylic oxidation sites excluding steroid dienone is 2. The van der Waals surface area contributed by atoms with Crippen LogP contribution in [0, 0.1) is 17.3 Å². The SMILES string of the molecule is CCn1ncc2ccc(NC(=O)[C@H]3[C@H](C=C(C)C)C3(C)C)cc21. The highest BCUT2D eigenvalue weighted by Gasteiger charge is 2.60. The van der Waals surface area contributed by atoms with Gasteiger partial charge in [0.1, 0.15) is 0 Å². The predicted molar refractivity (Wildman–Crippen MR) is 94.2 cm³/mol. The van der Waals surface area contributed by atoms with Crippen molar-refractivity contribution in [2.75, 3.05) is 5.32 Å². The van der Waals surface area contributed by atoms with Gasteiger partial charge in [0.25, 0.3) is 0 Å². The van der Waals surface area contributed by atoms with E-state index in [4.69, 9.17) is 0 Å². The molecule has 3 rings (SSSR count). The molecule has 4 nitrogen and oxygen atoms in total. The van der Waals surface area contributed by atoms with Gasteiger partial charge in [0.2, 0.25) is 5.91 Å². The van der Waals surface area contributed by atoms with Crippen LogP contribution in [0.25, 0.3) is 10.9 Å². The second-order valence-corrected chi connectivity index (χ2v) is 7.29. The average Bonchev–Trinajstić information content (AvgIpc) is 2.82. The first-order chi connectivity index (χ1) is 10.8. The summed E-state index contributed by atoms with van der Waals surface area (Å²) in [5.41, 5.74) is 3.21. The minimum Gasteiger partial charge on any atom is -0.326 e. The molecule has 0 saturated heterocycles. The quantitative estimate of drug-likeness (QED) is 0.859. The molecule has 2 atom stereocenters. The first-order valence-electron chi connectivity index (χ1n) is 8.26. The number of hydrogen-bond acceptors (Lipinski definition) is 2. The van der Waals surface area contributed by atoms with Crippen LogP contribution in [0.1, 0.15) is 34.6 Å². The van der Waals surface area contributed by atoms with Crippen LogP contribution < -0.4 is 5.32 Å². The van der Waals surface area contributed by atoms with Crippen LogP contribution in [0.4, 0.5) is 5.69 Å². The van der Waals surface area contributed by atoms with Crippen LogP contribution in [0.5, 0.6) is 0 Å². The molecule has 122 valence electrons. The molecule has 2 aromatic rings. The summed E-state index contributed by atoms with van der Waals surface area (Å²) in [5, 5.41) is 8.53. The molecule has 23 heavy (non-hydrogen) atoms. The molecule has 1 aliphatic rings. The number of amides is 1. The lowest BCUT2D eigenvalue weighted by Gasteiger charge is -2.07. The molecule has 0 radical (unpaired) electrons. The molecule has 1 heterocycles. The van der Waals surface area contributed by atoms with Gasteiger partial charge in [-0.1, -0.05) is 25.5 Å². The summed E-state index contributed by atoms with van der Waals surface area (Å²) in [6.45, 7) is 11.4. The molecule has 0 spiro atoms. The van der Waals surface area contributed by atoms with Gasteiger partial charge in [-0.05, 0) is 50.3 Å². The largest absolute Gasteiger partial charge is 0.326 e. The molecular weight excluding hydrogens is 286 g/mol. The molecule has 1 amide bonds. The van der Waals surface area contributed by atoms with E-state index in [1.54, 1.807) is 0 Å². The number of benzene rings is 1. The Morgan fingerprint density at radius 1 is 1.39 bits per heavy atom. The third kappa shape index (κ3) is 2.78. The fraction of sp³-hybridized carbons (Fsp3) is 0.474. The number of anilines is 1. The Bertz CT molecular complexity index is 781. The molecule has 4 heteroatoms. The lowest BCUT2D eigenvalue weighted by Crippen LogP contribution is -2.16. The zero-order valence-electron chi connectivity index (χ0n) is 14.6. The molecule has 1 aromatic carbocycles. The normalized spacial score (nSPS) is 22.0. The van der Waals surface area contributed by atoms with Crippen molar-refractivity contribution in [1.29, 1.82) is 0 Å². The van der Waals surface area contributed by atoms with E-state index < -0.39 is 0 Å². The van der Waals surface area contributed by atoms with Crippen molar-refractivity contribution >= 4 is 22.5 Å². The van der Waals surface area contributed by atoms with E-state index in [1.807, 2.05) is 29.1 Å². The minimum absolute atomic E-state index is 0.0383. The van der Waals surface area contributed by atoms with E-state index in [1.165, 1.54) is 5.57 Å². The number of rotatable bonds is 4. The summed E-state index contributed by atoms with van der Waals surface area (Å²) in [6, 6.07) is 5.97. The molecule has 1 fully saturated rings. The maximum Gasteiger partial charge on any atom is 0.228 e. The fourth-order valence-electron chi connectivity index (χ4n) is 3.47. The van der Waals surface area contributed by atoms with Gasteiger partial charge in [-0.2, -0.15) is 5.10 Å². The van der Waals surface area contributed by atoms with E-state index in [2.05, 4.69) is 51.1 Å². The average molecular weight is 311 g/mol. The molecule has 1 aliphatic carbocycles. The topological polar surface area (TPSA) is 46.9 Å². The van der Waals surface area contributed by atoms with E-state index in [-0.39, 0.29) is 17.2 Å². The Balaban J connectivity index is 1.80. The summed E-state index contributed by atoms with van der Waals surface area (Å²) in [4.78, 5) is 12.6. The number of nitrogens with zero attached hydrogens (tertiary/aromatic N) is 2. The first kappa shape index (κ1) is 15.8. The molecular formula is C19H25N3O. The lowest BCUT2D eigenvalue weighted by molar-refractivity contribution is -0.118. The van der Waals surface area contributed by atoms with Crippen molar-refractivity contribution in [2.45, 2.75) is 41.2 Å². The van der Waals surface area contributed by atoms with Crippen molar-refractivity contribution in [1.82, 2.24) is 9.78 Å². The summed E-state index contributed by atoms with van der Waals surface area (Å²) in [6.07, 6.45) is 4.08. The van der Waals surface area contributed by atoms with Crippen LogP contribution in [0.2, 0.25) is 0 Å². The number of aryl methyl sites for hydroxylation is 1. The van der Waals surface area contributed by atoms with Crippen LogP contribution in [0.3, 0.4) is 0 Å². The first-order valence-corrected chi connectivity index (χ1v) is 8.26. The Morgan fingerprint density at radius 3 is 2.78 bits per heavy atom. The summed E-state index contributed by atoms with van der Waals surface area (Å²) >= 11 is 0. The second kappa shape index (κ2) is 5.52. The van der Waals surface area contributed by atoms with Gasteiger partial charge in [0.05, 0.1) is 17.6 Å². The van der Waals surface area contributed by atoms with Crippen molar-refractivity contribution in [2.24, 2.45) is 17.3 Å².